The number of carbonyl (C=O) groups is 1. The van der Waals surface area contributed by atoms with E-state index in [1.165, 1.54) is 0 Å². The molecular weight excluding hydrogens is 326 g/mol. The van der Waals surface area contributed by atoms with Gasteiger partial charge in [0.1, 0.15) is 17.4 Å². The number of benzene rings is 2. The van der Waals surface area contributed by atoms with Crippen LogP contribution in [-0.2, 0) is 11.3 Å². The SMILES string of the molecule is CC(C(=O)N1Cc2ccccc2OC(C)(C)C1)n1cnc2ccccc21. The molecule has 1 aromatic heterocycles. The fourth-order valence-electron chi connectivity index (χ4n) is 3.61. The Morgan fingerprint density at radius 1 is 1.15 bits per heavy atom. The van der Waals surface area contributed by atoms with Crippen molar-refractivity contribution < 1.29 is 9.53 Å². The third kappa shape index (κ3) is 2.94. The van der Waals surface area contributed by atoms with Gasteiger partial charge in [-0.2, -0.15) is 0 Å². The van der Waals surface area contributed by atoms with Crippen molar-refractivity contribution in [3.8, 4) is 5.75 Å². The predicted octanol–water partition coefficient (Wildman–Crippen LogP) is 3.80. The van der Waals surface area contributed by atoms with E-state index in [1.807, 2.05) is 78.8 Å². The number of rotatable bonds is 2. The first-order valence-electron chi connectivity index (χ1n) is 8.92. The van der Waals surface area contributed by atoms with Crippen LogP contribution in [0.3, 0.4) is 0 Å². The van der Waals surface area contributed by atoms with Gasteiger partial charge in [-0.1, -0.05) is 30.3 Å². The number of hydrogen-bond acceptors (Lipinski definition) is 3. The summed E-state index contributed by atoms with van der Waals surface area (Å²) >= 11 is 0. The molecule has 0 spiro atoms. The highest BCUT2D eigenvalue weighted by atomic mass is 16.5. The average Bonchev–Trinajstić information content (AvgIpc) is 2.99. The number of amides is 1. The summed E-state index contributed by atoms with van der Waals surface area (Å²) in [6, 6.07) is 15.5. The smallest absolute Gasteiger partial charge is 0.245 e. The highest BCUT2D eigenvalue weighted by Gasteiger charge is 2.33. The van der Waals surface area contributed by atoms with Crippen LogP contribution in [0.1, 0.15) is 32.4 Å². The van der Waals surface area contributed by atoms with Gasteiger partial charge in [0.2, 0.25) is 5.91 Å². The zero-order valence-corrected chi connectivity index (χ0v) is 15.3. The zero-order valence-electron chi connectivity index (χ0n) is 15.3. The summed E-state index contributed by atoms with van der Waals surface area (Å²) in [5.74, 6) is 0.926. The summed E-state index contributed by atoms with van der Waals surface area (Å²) in [4.78, 5) is 19.6. The highest BCUT2D eigenvalue weighted by Crippen LogP contribution is 2.30. The van der Waals surface area contributed by atoms with Gasteiger partial charge < -0.3 is 14.2 Å². The van der Waals surface area contributed by atoms with E-state index in [0.29, 0.717) is 13.1 Å². The summed E-state index contributed by atoms with van der Waals surface area (Å²) in [5, 5.41) is 0. The molecule has 0 radical (unpaired) electrons. The van der Waals surface area contributed by atoms with Gasteiger partial charge in [-0.05, 0) is 39.0 Å². The fourth-order valence-corrected chi connectivity index (χ4v) is 3.61. The number of imidazole rings is 1. The van der Waals surface area contributed by atoms with Gasteiger partial charge in [-0.3, -0.25) is 4.79 Å². The van der Waals surface area contributed by atoms with E-state index in [2.05, 4.69) is 4.98 Å². The number of para-hydroxylation sites is 3. The number of hydrogen-bond donors (Lipinski definition) is 0. The molecule has 0 bridgehead atoms. The largest absolute Gasteiger partial charge is 0.486 e. The minimum atomic E-state index is -0.445. The van der Waals surface area contributed by atoms with E-state index in [9.17, 15) is 4.79 Å². The standard InChI is InChI=1S/C21H23N3O2/c1-15(24-14-22-17-9-5-6-10-18(17)24)20(25)23-12-16-8-4-7-11-19(16)26-21(2,3)13-23/h4-11,14-15H,12-13H2,1-3H3. The lowest BCUT2D eigenvalue weighted by Crippen LogP contribution is -2.45. The Kier molecular flexibility index (Phi) is 3.94. The van der Waals surface area contributed by atoms with Crippen LogP contribution >= 0.6 is 0 Å². The van der Waals surface area contributed by atoms with Crippen LogP contribution in [0.25, 0.3) is 11.0 Å². The van der Waals surface area contributed by atoms with Crippen molar-refractivity contribution in [3.63, 3.8) is 0 Å². The lowest BCUT2D eigenvalue weighted by Gasteiger charge is -2.31. The normalized spacial score (nSPS) is 17.3. The summed E-state index contributed by atoms with van der Waals surface area (Å²) in [6.45, 7) is 7.06. The first-order valence-corrected chi connectivity index (χ1v) is 8.92. The molecule has 1 amide bonds. The second-order valence-electron chi connectivity index (χ2n) is 7.48. The van der Waals surface area contributed by atoms with Crippen LogP contribution in [-0.4, -0.2) is 32.5 Å². The third-order valence-electron chi connectivity index (χ3n) is 4.86. The molecule has 1 aliphatic heterocycles. The van der Waals surface area contributed by atoms with Crippen LogP contribution < -0.4 is 4.74 Å². The molecule has 5 heteroatoms. The van der Waals surface area contributed by atoms with E-state index in [4.69, 9.17) is 4.74 Å². The molecule has 0 fully saturated rings. The minimum absolute atomic E-state index is 0.0709. The van der Waals surface area contributed by atoms with Crippen molar-refractivity contribution >= 4 is 16.9 Å². The molecule has 0 saturated carbocycles. The van der Waals surface area contributed by atoms with Gasteiger partial charge in [0.05, 0.1) is 23.9 Å². The molecule has 0 saturated heterocycles. The highest BCUT2D eigenvalue weighted by molar-refractivity contribution is 5.84. The monoisotopic (exact) mass is 349 g/mol. The first-order chi connectivity index (χ1) is 12.4. The fraction of sp³-hybridized carbons (Fsp3) is 0.333. The van der Waals surface area contributed by atoms with Gasteiger partial charge >= 0.3 is 0 Å². The van der Waals surface area contributed by atoms with E-state index in [0.717, 1.165) is 22.3 Å². The molecule has 1 atom stereocenters. The summed E-state index contributed by atoms with van der Waals surface area (Å²) < 4.78 is 8.10. The maximum Gasteiger partial charge on any atom is 0.245 e. The molecule has 2 heterocycles. The minimum Gasteiger partial charge on any atom is -0.486 e. The lowest BCUT2D eigenvalue weighted by atomic mass is 10.1. The van der Waals surface area contributed by atoms with Gasteiger partial charge in [0.25, 0.3) is 0 Å². The lowest BCUT2D eigenvalue weighted by molar-refractivity contribution is -0.136. The maximum absolute atomic E-state index is 13.3. The Morgan fingerprint density at radius 2 is 1.88 bits per heavy atom. The topological polar surface area (TPSA) is 47.4 Å². The van der Waals surface area contributed by atoms with Gasteiger partial charge in [-0.25, -0.2) is 4.98 Å². The molecule has 2 aromatic carbocycles. The van der Waals surface area contributed by atoms with Crippen LogP contribution in [0.5, 0.6) is 5.75 Å². The number of fused-ring (bicyclic) bond motifs is 2. The zero-order chi connectivity index (χ0) is 18.3. The number of aromatic nitrogens is 2. The van der Waals surface area contributed by atoms with Crippen molar-refractivity contribution in [1.82, 2.24) is 14.5 Å². The molecule has 0 N–H and O–H groups in total. The van der Waals surface area contributed by atoms with Crippen LogP contribution in [0.4, 0.5) is 0 Å². The van der Waals surface area contributed by atoms with Gasteiger partial charge in [0, 0.05) is 12.1 Å². The molecule has 5 nitrogen and oxygen atoms in total. The quantitative estimate of drug-likeness (QED) is 0.707. The molecule has 0 aliphatic carbocycles. The molecule has 26 heavy (non-hydrogen) atoms. The van der Waals surface area contributed by atoms with Crippen LogP contribution in [0.2, 0.25) is 0 Å². The summed E-state index contributed by atoms with van der Waals surface area (Å²) in [5.41, 5.74) is 2.46. The van der Waals surface area contributed by atoms with E-state index >= 15 is 0 Å². The first kappa shape index (κ1) is 16.6. The van der Waals surface area contributed by atoms with Gasteiger partial charge in [-0.15, -0.1) is 0 Å². The summed E-state index contributed by atoms with van der Waals surface area (Å²) in [7, 11) is 0. The van der Waals surface area contributed by atoms with E-state index in [1.54, 1.807) is 6.33 Å². The van der Waals surface area contributed by atoms with Crippen LogP contribution in [0.15, 0.2) is 54.9 Å². The number of carbonyl (C=O) groups excluding carboxylic acids is 1. The average molecular weight is 349 g/mol. The van der Waals surface area contributed by atoms with E-state index < -0.39 is 5.60 Å². The Bertz CT molecular complexity index is 961. The predicted molar refractivity (Wildman–Crippen MR) is 101 cm³/mol. The summed E-state index contributed by atoms with van der Waals surface area (Å²) in [6.07, 6.45) is 1.75. The van der Waals surface area contributed by atoms with Crippen molar-refractivity contribution in [2.45, 2.75) is 39.0 Å². The number of nitrogens with zero attached hydrogens (tertiary/aromatic N) is 3. The third-order valence-corrected chi connectivity index (χ3v) is 4.86. The Hall–Kier alpha value is -2.82. The molecule has 3 aromatic rings. The maximum atomic E-state index is 13.3. The Labute approximate surface area is 153 Å². The van der Waals surface area contributed by atoms with Crippen molar-refractivity contribution in [1.29, 1.82) is 0 Å². The molecule has 134 valence electrons. The van der Waals surface area contributed by atoms with Crippen molar-refractivity contribution in [3.05, 3.63) is 60.4 Å². The second-order valence-corrected chi connectivity index (χ2v) is 7.48. The van der Waals surface area contributed by atoms with Crippen LogP contribution in [0, 0.1) is 0 Å². The van der Waals surface area contributed by atoms with E-state index in [-0.39, 0.29) is 11.9 Å². The molecular formula is C21H23N3O2. The molecule has 4 rings (SSSR count). The van der Waals surface area contributed by atoms with Crippen molar-refractivity contribution in [2.75, 3.05) is 6.54 Å². The Balaban J connectivity index is 1.66. The molecule has 1 aliphatic rings. The second kappa shape index (κ2) is 6.16. The molecule has 1 unspecified atom stereocenters. The number of ether oxygens (including phenoxy) is 1. The van der Waals surface area contributed by atoms with Gasteiger partial charge in [0.15, 0.2) is 0 Å². The Morgan fingerprint density at radius 3 is 2.73 bits per heavy atom. The van der Waals surface area contributed by atoms with Crippen molar-refractivity contribution in [2.24, 2.45) is 0 Å².